The van der Waals surface area contributed by atoms with Crippen molar-refractivity contribution in [1.29, 1.82) is 0 Å². The van der Waals surface area contributed by atoms with Gasteiger partial charge in [0.2, 0.25) is 0 Å². The highest BCUT2D eigenvalue weighted by Crippen LogP contribution is 2.42. The van der Waals surface area contributed by atoms with E-state index in [1.807, 2.05) is 25.1 Å². The first kappa shape index (κ1) is 11.0. The Labute approximate surface area is 105 Å². The minimum Gasteiger partial charge on any atom is -0.377 e. The number of nitrogens with zero attached hydrogens (tertiary/aromatic N) is 1. The summed E-state index contributed by atoms with van der Waals surface area (Å²) in [5, 5.41) is 0. The Kier molecular flexibility index (Phi) is 2.23. The Morgan fingerprint density at radius 3 is 2.28 bits per heavy atom. The van der Waals surface area contributed by atoms with Crippen molar-refractivity contribution in [2.75, 3.05) is 19.0 Å². The third kappa shape index (κ3) is 1.30. The number of hydrogen-bond acceptors (Lipinski definition) is 2. The van der Waals surface area contributed by atoms with Gasteiger partial charge in [0.05, 0.1) is 5.56 Å². The van der Waals surface area contributed by atoms with Gasteiger partial charge in [-0.05, 0) is 17.7 Å². The molecular formula is C15H12FNO. The molecule has 0 spiro atoms. The van der Waals surface area contributed by atoms with Gasteiger partial charge in [-0.1, -0.05) is 24.3 Å². The van der Waals surface area contributed by atoms with Crippen LogP contribution in [0.5, 0.6) is 0 Å². The summed E-state index contributed by atoms with van der Waals surface area (Å²) in [7, 11) is 3.70. The van der Waals surface area contributed by atoms with E-state index in [-0.39, 0.29) is 11.6 Å². The SMILES string of the molecule is CN(C)c1ccc(F)c2c1C(=O)c1ccccc1-2. The van der Waals surface area contributed by atoms with Crippen LogP contribution < -0.4 is 4.90 Å². The molecule has 2 aromatic carbocycles. The lowest BCUT2D eigenvalue weighted by Crippen LogP contribution is -2.13. The molecule has 0 N–H and O–H groups in total. The van der Waals surface area contributed by atoms with E-state index in [1.165, 1.54) is 6.07 Å². The van der Waals surface area contributed by atoms with Crippen molar-refractivity contribution < 1.29 is 9.18 Å². The first-order valence-electron chi connectivity index (χ1n) is 5.75. The Morgan fingerprint density at radius 2 is 1.61 bits per heavy atom. The molecule has 3 heteroatoms. The van der Waals surface area contributed by atoms with Crippen molar-refractivity contribution >= 4 is 11.5 Å². The van der Waals surface area contributed by atoms with Gasteiger partial charge in [-0.25, -0.2) is 4.39 Å². The van der Waals surface area contributed by atoms with Gasteiger partial charge < -0.3 is 4.90 Å². The molecule has 0 aliphatic heterocycles. The Hall–Kier alpha value is -2.16. The van der Waals surface area contributed by atoms with Gasteiger partial charge in [-0.3, -0.25) is 4.79 Å². The van der Waals surface area contributed by atoms with E-state index >= 15 is 0 Å². The van der Waals surface area contributed by atoms with Crippen LogP contribution in [-0.4, -0.2) is 19.9 Å². The standard InChI is InChI=1S/C15H12FNO/c1-17(2)12-8-7-11(16)13-9-5-3-4-6-10(9)15(18)14(12)13/h3-8H,1-2H3. The zero-order chi connectivity index (χ0) is 12.9. The van der Waals surface area contributed by atoms with Crippen LogP contribution >= 0.6 is 0 Å². The summed E-state index contributed by atoms with van der Waals surface area (Å²) in [6, 6.07) is 10.2. The number of halogens is 1. The van der Waals surface area contributed by atoms with Crippen molar-refractivity contribution in [2.45, 2.75) is 0 Å². The number of fused-ring (bicyclic) bond motifs is 3. The molecule has 0 saturated heterocycles. The molecule has 0 radical (unpaired) electrons. The highest BCUT2D eigenvalue weighted by Gasteiger charge is 2.31. The van der Waals surface area contributed by atoms with E-state index in [1.54, 1.807) is 24.3 Å². The maximum absolute atomic E-state index is 14.0. The molecule has 2 nitrogen and oxygen atoms in total. The molecule has 0 saturated carbocycles. The normalized spacial score (nSPS) is 12.3. The number of anilines is 1. The lowest BCUT2D eigenvalue weighted by molar-refractivity contribution is 0.104. The van der Waals surface area contributed by atoms with Gasteiger partial charge in [-0.2, -0.15) is 0 Å². The van der Waals surface area contributed by atoms with Gasteiger partial charge in [0.15, 0.2) is 5.78 Å². The summed E-state index contributed by atoms with van der Waals surface area (Å²) in [6.07, 6.45) is 0. The number of hydrogen-bond donors (Lipinski definition) is 0. The molecule has 2 aromatic rings. The zero-order valence-electron chi connectivity index (χ0n) is 10.2. The summed E-state index contributed by atoms with van der Waals surface area (Å²) in [5.41, 5.74) is 2.94. The van der Waals surface area contributed by atoms with Gasteiger partial charge in [0.1, 0.15) is 5.82 Å². The molecule has 90 valence electrons. The number of benzene rings is 2. The smallest absolute Gasteiger partial charge is 0.196 e. The lowest BCUT2D eigenvalue weighted by atomic mass is 10.0. The molecule has 3 rings (SSSR count). The van der Waals surface area contributed by atoms with Gasteiger partial charge in [0.25, 0.3) is 0 Å². The molecule has 0 atom stereocenters. The second-order valence-electron chi connectivity index (χ2n) is 4.59. The van der Waals surface area contributed by atoms with Crippen LogP contribution in [0.15, 0.2) is 36.4 Å². The van der Waals surface area contributed by atoms with Crippen molar-refractivity contribution in [3.8, 4) is 11.1 Å². The minimum absolute atomic E-state index is 0.0937. The predicted molar refractivity (Wildman–Crippen MR) is 69.6 cm³/mol. The third-order valence-electron chi connectivity index (χ3n) is 3.28. The summed E-state index contributed by atoms with van der Waals surface area (Å²) in [5.74, 6) is -0.433. The second-order valence-corrected chi connectivity index (χ2v) is 4.59. The van der Waals surface area contributed by atoms with Crippen LogP contribution in [0.4, 0.5) is 10.1 Å². The summed E-state index contributed by atoms with van der Waals surface area (Å²) >= 11 is 0. The number of ketones is 1. The fraction of sp³-hybridized carbons (Fsp3) is 0.133. The number of carbonyl (C=O) groups excluding carboxylic acids is 1. The highest BCUT2D eigenvalue weighted by atomic mass is 19.1. The monoisotopic (exact) mass is 241 g/mol. The molecule has 0 unspecified atom stereocenters. The fourth-order valence-electron chi connectivity index (χ4n) is 2.47. The molecular weight excluding hydrogens is 229 g/mol. The van der Waals surface area contributed by atoms with Gasteiger partial charge >= 0.3 is 0 Å². The molecule has 1 aliphatic carbocycles. The zero-order valence-corrected chi connectivity index (χ0v) is 10.2. The molecule has 0 aromatic heterocycles. The topological polar surface area (TPSA) is 20.3 Å². The molecule has 18 heavy (non-hydrogen) atoms. The van der Waals surface area contributed by atoms with E-state index in [9.17, 15) is 9.18 Å². The maximum atomic E-state index is 14.0. The average molecular weight is 241 g/mol. The Balaban J connectivity index is 2.40. The van der Waals surface area contributed by atoms with E-state index < -0.39 is 0 Å². The summed E-state index contributed by atoms with van der Waals surface area (Å²) < 4.78 is 14.0. The van der Waals surface area contributed by atoms with Crippen molar-refractivity contribution in [2.24, 2.45) is 0 Å². The number of rotatable bonds is 1. The average Bonchev–Trinajstić information content (AvgIpc) is 2.65. The summed E-state index contributed by atoms with van der Waals surface area (Å²) in [6.45, 7) is 0. The van der Waals surface area contributed by atoms with Crippen molar-refractivity contribution in [3.05, 3.63) is 53.3 Å². The van der Waals surface area contributed by atoms with Crippen LogP contribution in [0.1, 0.15) is 15.9 Å². The molecule has 0 fully saturated rings. The van der Waals surface area contributed by atoms with E-state index in [0.29, 0.717) is 22.3 Å². The van der Waals surface area contributed by atoms with E-state index in [4.69, 9.17) is 0 Å². The van der Waals surface area contributed by atoms with Crippen LogP contribution in [0.2, 0.25) is 0 Å². The lowest BCUT2D eigenvalue weighted by Gasteiger charge is -2.16. The summed E-state index contributed by atoms with van der Waals surface area (Å²) in [4.78, 5) is 14.2. The molecule has 0 heterocycles. The minimum atomic E-state index is -0.339. The van der Waals surface area contributed by atoms with Crippen molar-refractivity contribution in [1.82, 2.24) is 0 Å². The van der Waals surface area contributed by atoms with E-state index in [2.05, 4.69) is 0 Å². The van der Waals surface area contributed by atoms with Crippen molar-refractivity contribution in [3.63, 3.8) is 0 Å². The number of carbonyl (C=O) groups is 1. The van der Waals surface area contributed by atoms with Crippen LogP contribution in [0.25, 0.3) is 11.1 Å². The predicted octanol–water partition coefficient (Wildman–Crippen LogP) is 3.10. The highest BCUT2D eigenvalue weighted by molar-refractivity contribution is 6.24. The Bertz CT molecular complexity index is 662. The van der Waals surface area contributed by atoms with Gasteiger partial charge in [0, 0.05) is 30.9 Å². The molecule has 0 bridgehead atoms. The molecule has 1 aliphatic rings. The third-order valence-corrected chi connectivity index (χ3v) is 3.28. The Morgan fingerprint density at radius 1 is 0.944 bits per heavy atom. The van der Waals surface area contributed by atoms with Gasteiger partial charge in [-0.15, -0.1) is 0 Å². The first-order chi connectivity index (χ1) is 8.61. The van der Waals surface area contributed by atoms with Crippen LogP contribution in [0, 0.1) is 5.82 Å². The molecule has 0 amide bonds. The fourth-order valence-corrected chi connectivity index (χ4v) is 2.47. The maximum Gasteiger partial charge on any atom is 0.196 e. The van der Waals surface area contributed by atoms with Crippen LogP contribution in [0.3, 0.4) is 0 Å². The largest absolute Gasteiger partial charge is 0.377 e. The van der Waals surface area contributed by atoms with Crippen LogP contribution in [-0.2, 0) is 0 Å². The van der Waals surface area contributed by atoms with E-state index in [0.717, 1.165) is 5.69 Å². The first-order valence-corrected chi connectivity index (χ1v) is 5.75. The second kappa shape index (κ2) is 3.67. The quantitative estimate of drug-likeness (QED) is 0.652.